The van der Waals surface area contributed by atoms with Gasteiger partial charge < -0.3 is 14.8 Å². The number of hydrogen-bond donors (Lipinski definition) is 1. The summed E-state index contributed by atoms with van der Waals surface area (Å²) in [5, 5.41) is 2.80. The third-order valence-electron chi connectivity index (χ3n) is 3.99. The minimum Gasteiger partial charge on any atom is -0.495 e. The van der Waals surface area contributed by atoms with Gasteiger partial charge in [0.2, 0.25) is 10.0 Å². The fourth-order valence-corrected chi connectivity index (χ4v) is 2.84. The minimum absolute atomic E-state index is 0.323. The Bertz CT molecular complexity index is 910. The lowest BCUT2D eigenvalue weighted by Crippen LogP contribution is -2.30. The lowest BCUT2D eigenvalue weighted by atomic mass is 10.2. The molecule has 0 fully saturated rings. The number of amides is 1. The highest BCUT2D eigenvalue weighted by molar-refractivity contribution is 7.92. The quantitative estimate of drug-likeness (QED) is 0.783. The van der Waals surface area contributed by atoms with Crippen molar-refractivity contribution < 1.29 is 22.7 Å². The molecule has 2 rings (SSSR count). The lowest BCUT2D eigenvalue weighted by molar-refractivity contribution is -0.122. The first-order valence-electron chi connectivity index (χ1n) is 8.28. The van der Waals surface area contributed by atoms with Gasteiger partial charge in [-0.3, -0.25) is 9.10 Å². The number of benzene rings is 2. The fraction of sp³-hybridized carbons (Fsp3) is 0.316. The van der Waals surface area contributed by atoms with E-state index >= 15 is 0 Å². The van der Waals surface area contributed by atoms with Crippen molar-refractivity contribution in [3.8, 4) is 11.5 Å². The summed E-state index contributed by atoms with van der Waals surface area (Å²) in [5.74, 6) is 0.699. The third kappa shape index (κ3) is 5.37. The van der Waals surface area contributed by atoms with E-state index in [0.717, 1.165) is 16.1 Å². The van der Waals surface area contributed by atoms with Gasteiger partial charge in [0.25, 0.3) is 5.91 Å². The van der Waals surface area contributed by atoms with Crippen molar-refractivity contribution in [3.05, 3.63) is 48.0 Å². The zero-order valence-corrected chi connectivity index (χ0v) is 16.8. The molecule has 1 N–H and O–H groups in total. The van der Waals surface area contributed by atoms with E-state index in [1.54, 1.807) is 37.3 Å². The van der Waals surface area contributed by atoms with E-state index in [4.69, 9.17) is 9.47 Å². The molecule has 1 atom stereocenters. The molecule has 146 valence electrons. The van der Waals surface area contributed by atoms with Crippen LogP contribution >= 0.6 is 0 Å². The van der Waals surface area contributed by atoms with E-state index < -0.39 is 16.1 Å². The SMILES string of the molecule is COc1ccc(C)cc1NC(=O)C(C)Oc1ccc(N(C)S(C)(=O)=O)cc1. The van der Waals surface area contributed by atoms with Crippen molar-refractivity contribution in [2.45, 2.75) is 20.0 Å². The van der Waals surface area contributed by atoms with Crippen molar-refractivity contribution in [2.75, 3.05) is 30.0 Å². The molecular formula is C19H24N2O5S. The average Bonchev–Trinajstić information content (AvgIpc) is 2.61. The number of ether oxygens (including phenoxy) is 2. The topological polar surface area (TPSA) is 84.9 Å². The molecule has 2 aromatic carbocycles. The zero-order valence-electron chi connectivity index (χ0n) is 16.0. The van der Waals surface area contributed by atoms with Crippen LogP contribution in [-0.2, 0) is 14.8 Å². The van der Waals surface area contributed by atoms with E-state index in [1.807, 2.05) is 19.1 Å². The van der Waals surface area contributed by atoms with Gasteiger partial charge >= 0.3 is 0 Å². The molecule has 2 aromatic rings. The van der Waals surface area contributed by atoms with Crippen LogP contribution in [0.1, 0.15) is 12.5 Å². The van der Waals surface area contributed by atoms with Gasteiger partial charge in [0.05, 0.1) is 24.7 Å². The van der Waals surface area contributed by atoms with Crippen molar-refractivity contribution in [1.82, 2.24) is 0 Å². The molecule has 0 aromatic heterocycles. The van der Waals surface area contributed by atoms with Gasteiger partial charge in [-0.05, 0) is 55.8 Å². The molecule has 8 heteroatoms. The Morgan fingerprint density at radius 1 is 1.15 bits per heavy atom. The van der Waals surface area contributed by atoms with Gasteiger partial charge in [0.1, 0.15) is 11.5 Å². The maximum absolute atomic E-state index is 12.4. The van der Waals surface area contributed by atoms with E-state index in [1.165, 1.54) is 14.2 Å². The summed E-state index contributed by atoms with van der Waals surface area (Å²) in [7, 11) is -0.328. The monoisotopic (exact) mass is 392 g/mol. The number of nitrogens with one attached hydrogen (secondary N) is 1. The molecule has 0 saturated carbocycles. The molecule has 0 spiro atoms. The highest BCUT2D eigenvalue weighted by Gasteiger charge is 2.17. The molecule has 0 aliphatic carbocycles. The van der Waals surface area contributed by atoms with Crippen LogP contribution in [-0.4, -0.2) is 40.8 Å². The van der Waals surface area contributed by atoms with Crippen molar-refractivity contribution >= 4 is 27.3 Å². The Morgan fingerprint density at radius 3 is 2.33 bits per heavy atom. The first kappa shape index (κ1) is 20.6. The van der Waals surface area contributed by atoms with Crippen LogP contribution in [0.15, 0.2) is 42.5 Å². The molecule has 0 aliphatic heterocycles. The summed E-state index contributed by atoms with van der Waals surface area (Å²) in [4.78, 5) is 12.4. The normalized spacial score (nSPS) is 12.2. The maximum Gasteiger partial charge on any atom is 0.265 e. The summed E-state index contributed by atoms with van der Waals surface area (Å²) >= 11 is 0. The van der Waals surface area contributed by atoms with Gasteiger partial charge in [0, 0.05) is 7.05 Å². The highest BCUT2D eigenvalue weighted by Crippen LogP contribution is 2.26. The van der Waals surface area contributed by atoms with Crippen molar-refractivity contribution in [1.29, 1.82) is 0 Å². The van der Waals surface area contributed by atoms with E-state index in [2.05, 4.69) is 5.32 Å². The van der Waals surface area contributed by atoms with Gasteiger partial charge in [0.15, 0.2) is 6.10 Å². The number of hydrogen-bond acceptors (Lipinski definition) is 5. The summed E-state index contributed by atoms with van der Waals surface area (Å²) in [6, 6.07) is 12.0. The second-order valence-corrected chi connectivity index (χ2v) is 8.19. The number of rotatable bonds is 7. The van der Waals surface area contributed by atoms with Gasteiger partial charge in [-0.2, -0.15) is 0 Å². The standard InChI is InChI=1S/C19H24N2O5S/c1-13-6-11-18(25-4)17(12-13)20-19(22)14(2)26-16-9-7-15(8-10-16)21(3)27(5,23)24/h6-12,14H,1-5H3,(H,20,22). The van der Waals surface area contributed by atoms with E-state index in [0.29, 0.717) is 22.9 Å². The van der Waals surface area contributed by atoms with Gasteiger partial charge in [-0.25, -0.2) is 8.42 Å². The molecule has 1 unspecified atom stereocenters. The highest BCUT2D eigenvalue weighted by atomic mass is 32.2. The first-order valence-corrected chi connectivity index (χ1v) is 10.1. The lowest BCUT2D eigenvalue weighted by Gasteiger charge is -2.19. The van der Waals surface area contributed by atoms with Gasteiger partial charge in [-0.15, -0.1) is 0 Å². The van der Waals surface area contributed by atoms with Crippen LogP contribution in [0, 0.1) is 6.92 Å². The molecule has 0 bridgehead atoms. The average molecular weight is 392 g/mol. The number of methoxy groups -OCH3 is 1. The van der Waals surface area contributed by atoms with Crippen LogP contribution in [0.4, 0.5) is 11.4 Å². The minimum atomic E-state index is -3.33. The van der Waals surface area contributed by atoms with E-state index in [9.17, 15) is 13.2 Å². The molecule has 0 aliphatic rings. The summed E-state index contributed by atoms with van der Waals surface area (Å²) < 4.78 is 35.2. The maximum atomic E-state index is 12.4. The zero-order chi connectivity index (χ0) is 20.2. The van der Waals surface area contributed by atoms with Crippen LogP contribution in [0.25, 0.3) is 0 Å². The Kier molecular flexibility index (Phi) is 6.32. The second-order valence-electron chi connectivity index (χ2n) is 6.18. The molecule has 0 radical (unpaired) electrons. The molecule has 27 heavy (non-hydrogen) atoms. The summed E-state index contributed by atoms with van der Waals surface area (Å²) in [5.41, 5.74) is 2.07. The molecule has 7 nitrogen and oxygen atoms in total. The number of carbonyl (C=O) groups is 1. The predicted octanol–water partition coefficient (Wildman–Crippen LogP) is 2.81. The number of sulfonamides is 1. The first-order chi connectivity index (χ1) is 12.6. The number of anilines is 2. The fourth-order valence-electron chi connectivity index (χ4n) is 2.34. The Morgan fingerprint density at radius 2 is 1.78 bits per heavy atom. The van der Waals surface area contributed by atoms with Gasteiger partial charge in [-0.1, -0.05) is 6.07 Å². The number of aryl methyl sites for hydroxylation is 1. The Labute approximate surface area is 160 Å². The Hall–Kier alpha value is -2.74. The van der Waals surface area contributed by atoms with Crippen molar-refractivity contribution in [3.63, 3.8) is 0 Å². The van der Waals surface area contributed by atoms with Crippen LogP contribution in [0.5, 0.6) is 11.5 Å². The molecule has 1 amide bonds. The smallest absolute Gasteiger partial charge is 0.265 e. The predicted molar refractivity (Wildman–Crippen MR) is 106 cm³/mol. The number of carbonyl (C=O) groups excluding carboxylic acids is 1. The number of nitrogens with zero attached hydrogens (tertiary/aromatic N) is 1. The largest absolute Gasteiger partial charge is 0.495 e. The second kappa shape index (κ2) is 8.30. The van der Waals surface area contributed by atoms with Crippen molar-refractivity contribution in [2.24, 2.45) is 0 Å². The summed E-state index contributed by atoms with van der Waals surface area (Å²) in [6.45, 7) is 3.55. The van der Waals surface area contributed by atoms with Crippen LogP contribution in [0.3, 0.4) is 0 Å². The van der Waals surface area contributed by atoms with Crippen LogP contribution < -0.4 is 19.1 Å². The molecule has 0 heterocycles. The molecular weight excluding hydrogens is 368 g/mol. The van der Waals surface area contributed by atoms with Crippen LogP contribution in [0.2, 0.25) is 0 Å². The summed E-state index contributed by atoms with van der Waals surface area (Å²) in [6.07, 6.45) is 0.373. The third-order valence-corrected chi connectivity index (χ3v) is 5.20. The molecule has 0 saturated heterocycles. The Balaban J connectivity index is 2.05. The van der Waals surface area contributed by atoms with E-state index in [-0.39, 0.29) is 5.91 Å².